The standard InChI is InChI=1S/C14H19N3O4S/c1-16(2)22(19,20)9-10-7-17(8-12(10)18)14-15-11-5-3-4-6-13(11)21-14/h3-6,10,12,18H,7-9H2,1-2H3/t10-,12+/m0/s1. The lowest BCUT2D eigenvalue weighted by atomic mass is 10.1. The molecule has 0 unspecified atom stereocenters. The SMILES string of the molecule is CN(C)S(=O)(=O)C[C@@H]1CN(c2nc3ccccc3o2)C[C@H]1O. The summed E-state index contributed by atoms with van der Waals surface area (Å²) >= 11 is 0. The quantitative estimate of drug-likeness (QED) is 0.882. The van der Waals surface area contributed by atoms with Gasteiger partial charge in [-0.15, -0.1) is 0 Å². The van der Waals surface area contributed by atoms with Crippen LogP contribution in [-0.2, 0) is 10.0 Å². The summed E-state index contributed by atoms with van der Waals surface area (Å²) in [5.41, 5.74) is 1.42. The first-order valence-corrected chi connectivity index (χ1v) is 8.66. The van der Waals surface area contributed by atoms with E-state index in [2.05, 4.69) is 4.98 Å². The molecule has 0 saturated carbocycles. The number of sulfonamides is 1. The van der Waals surface area contributed by atoms with Crippen LogP contribution in [0.15, 0.2) is 28.7 Å². The van der Waals surface area contributed by atoms with E-state index in [1.54, 1.807) is 4.90 Å². The Morgan fingerprint density at radius 3 is 2.77 bits per heavy atom. The number of benzene rings is 1. The van der Waals surface area contributed by atoms with Gasteiger partial charge in [-0.3, -0.25) is 0 Å². The molecule has 8 heteroatoms. The number of oxazole rings is 1. The van der Waals surface area contributed by atoms with Gasteiger partial charge < -0.3 is 14.4 Å². The molecular weight excluding hydrogens is 306 g/mol. The Kier molecular flexibility index (Phi) is 3.84. The maximum atomic E-state index is 12.0. The molecule has 120 valence electrons. The third-order valence-electron chi connectivity index (χ3n) is 3.94. The Hall–Kier alpha value is -1.64. The Balaban J connectivity index is 1.78. The molecule has 0 spiro atoms. The van der Waals surface area contributed by atoms with Crippen LogP contribution in [0, 0.1) is 5.92 Å². The molecule has 7 nitrogen and oxygen atoms in total. The lowest BCUT2D eigenvalue weighted by molar-refractivity contribution is 0.157. The summed E-state index contributed by atoms with van der Waals surface area (Å²) in [4.78, 5) is 6.18. The van der Waals surface area contributed by atoms with Gasteiger partial charge in [0.1, 0.15) is 5.52 Å². The van der Waals surface area contributed by atoms with Crippen molar-refractivity contribution < 1.29 is 17.9 Å². The van der Waals surface area contributed by atoms with Crippen molar-refractivity contribution in [1.29, 1.82) is 0 Å². The van der Waals surface area contributed by atoms with Gasteiger partial charge in [0.15, 0.2) is 5.58 Å². The number of anilines is 1. The molecule has 1 N–H and O–H groups in total. The fraction of sp³-hybridized carbons (Fsp3) is 0.500. The van der Waals surface area contributed by atoms with Gasteiger partial charge in [0.25, 0.3) is 6.01 Å². The van der Waals surface area contributed by atoms with Gasteiger partial charge >= 0.3 is 0 Å². The Morgan fingerprint density at radius 2 is 2.09 bits per heavy atom. The van der Waals surface area contributed by atoms with Gasteiger partial charge in [0.2, 0.25) is 10.0 Å². The second-order valence-electron chi connectivity index (χ2n) is 5.76. The summed E-state index contributed by atoms with van der Waals surface area (Å²) in [6, 6.07) is 7.84. The number of hydrogen-bond acceptors (Lipinski definition) is 6. The highest BCUT2D eigenvalue weighted by atomic mass is 32.2. The van der Waals surface area contributed by atoms with Crippen LogP contribution in [0.4, 0.5) is 6.01 Å². The van der Waals surface area contributed by atoms with Crippen LogP contribution in [0.3, 0.4) is 0 Å². The maximum Gasteiger partial charge on any atom is 0.298 e. The Morgan fingerprint density at radius 1 is 1.36 bits per heavy atom. The van der Waals surface area contributed by atoms with E-state index in [1.807, 2.05) is 24.3 Å². The van der Waals surface area contributed by atoms with Crippen LogP contribution in [0.25, 0.3) is 11.1 Å². The van der Waals surface area contributed by atoms with Gasteiger partial charge in [-0.2, -0.15) is 4.98 Å². The second-order valence-corrected chi connectivity index (χ2v) is 7.98. The lowest BCUT2D eigenvalue weighted by Crippen LogP contribution is -2.33. The minimum absolute atomic E-state index is 0.0854. The van der Waals surface area contributed by atoms with Crippen LogP contribution >= 0.6 is 0 Å². The number of fused-ring (bicyclic) bond motifs is 1. The van der Waals surface area contributed by atoms with E-state index < -0.39 is 16.1 Å². The molecule has 0 amide bonds. The number of β-amino-alcohol motifs (C(OH)–C–C–N with tert-alkyl or cyclic N) is 1. The normalized spacial score (nSPS) is 22.8. The molecule has 0 radical (unpaired) electrons. The predicted octanol–water partition coefficient (Wildman–Crippen LogP) is 0.516. The maximum absolute atomic E-state index is 12.0. The van der Waals surface area contributed by atoms with Crippen LogP contribution in [0.2, 0.25) is 0 Å². The van der Waals surface area contributed by atoms with Gasteiger partial charge in [-0.05, 0) is 12.1 Å². The lowest BCUT2D eigenvalue weighted by Gasteiger charge is -2.17. The van der Waals surface area contributed by atoms with Crippen LogP contribution in [-0.4, -0.2) is 61.9 Å². The zero-order valence-electron chi connectivity index (χ0n) is 12.5. The first-order valence-electron chi connectivity index (χ1n) is 7.05. The van der Waals surface area contributed by atoms with Crippen LogP contribution < -0.4 is 4.90 Å². The highest BCUT2D eigenvalue weighted by Gasteiger charge is 2.37. The van der Waals surface area contributed by atoms with Crippen LogP contribution in [0.5, 0.6) is 0 Å². The van der Waals surface area contributed by atoms with E-state index in [1.165, 1.54) is 18.4 Å². The topological polar surface area (TPSA) is 86.9 Å². The van der Waals surface area contributed by atoms with Gasteiger partial charge in [-0.1, -0.05) is 12.1 Å². The van der Waals surface area contributed by atoms with E-state index in [0.29, 0.717) is 24.7 Å². The van der Waals surface area contributed by atoms with Crippen molar-refractivity contribution in [1.82, 2.24) is 9.29 Å². The number of aromatic nitrogens is 1. The second kappa shape index (κ2) is 5.53. The summed E-state index contributed by atoms with van der Waals surface area (Å²) in [6.07, 6.45) is -0.718. The minimum Gasteiger partial charge on any atom is -0.423 e. The Bertz CT molecular complexity index is 738. The van der Waals surface area contributed by atoms with E-state index in [-0.39, 0.29) is 11.7 Å². The van der Waals surface area contributed by atoms with Gasteiger partial charge in [0.05, 0.1) is 11.9 Å². The average molecular weight is 325 g/mol. The number of para-hydroxylation sites is 2. The molecule has 1 aliphatic heterocycles. The first kappa shape index (κ1) is 15.3. The van der Waals surface area contributed by atoms with Crippen molar-refractivity contribution in [3.8, 4) is 0 Å². The third kappa shape index (κ3) is 2.81. The van der Waals surface area contributed by atoms with E-state index in [9.17, 15) is 13.5 Å². The summed E-state index contributed by atoms with van der Waals surface area (Å²) < 4.78 is 30.8. The highest BCUT2D eigenvalue weighted by Crippen LogP contribution is 2.28. The first-order chi connectivity index (χ1) is 10.4. The zero-order chi connectivity index (χ0) is 15.9. The molecule has 0 bridgehead atoms. The highest BCUT2D eigenvalue weighted by molar-refractivity contribution is 7.89. The van der Waals surface area contributed by atoms with Crippen molar-refractivity contribution in [3.05, 3.63) is 24.3 Å². The molecule has 22 heavy (non-hydrogen) atoms. The third-order valence-corrected chi connectivity index (χ3v) is 5.90. The number of aliphatic hydroxyl groups excluding tert-OH is 1. The molecule has 2 heterocycles. The number of aliphatic hydroxyl groups is 1. The van der Waals surface area contributed by atoms with Gasteiger partial charge in [-0.25, -0.2) is 12.7 Å². The van der Waals surface area contributed by atoms with E-state index in [0.717, 1.165) is 5.52 Å². The molecule has 0 aliphatic carbocycles. The van der Waals surface area contributed by atoms with Gasteiger partial charge in [0, 0.05) is 33.1 Å². The fourth-order valence-electron chi connectivity index (χ4n) is 2.59. The van der Waals surface area contributed by atoms with Crippen molar-refractivity contribution >= 4 is 27.1 Å². The minimum atomic E-state index is -3.35. The molecule has 2 aromatic rings. The molecule has 1 aliphatic rings. The summed E-state index contributed by atoms with van der Waals surface area (Å²) in [7, 11) is -0.359. The smallest absolute Gasteiger partial charge is 0.298 e. The largest absolute Gasteiger partial charge is 0.423 e. The Labute approximate surface area is 129 Å². The molecule has 1 aromatic heterocycles. The monoisotopic (exact) mass is 325 g/mol. The van der Waals surface area contributed by atoms with E-state index >= 15 is 0 Å². The zero-order valence-corrected chi connectivity index (χ0v) is 13.3. The molecule has 3 rings (SSSR count). The molecule has 1 saturated heterocycles. The fourth-order valence-corrected chi connectivity index (χ4v) is 3.76. The van der Waals surface area contributed by atoms with Crippen LogP contribution in [0.1, 0.15) is 0 Å². The molecular formula is C14H19N3O4S. The van der Waals surface area contributed by atoms with Crippen molar-refractivity contribution in [2.75, 3.05) is 37.8 Å². The summed E-state index contributed by atoms with van der Waals surface area (Å²) in [6.45, 7) is 0.724. The molecule has 2 atom stereocenters. The summed E-state index contributed by atoms with van der Waals surface area (Å²) in [5.74, 6) is -0.444. The summed E-state index contributed by atoms with van der Waals surface area (Å²) in [5, 5.41) is 10.1. The van der Waals surface area contributed by atoms with E-state index in [4.69, 9.17) is 4.42 Å². The predicted molar refractivity (Wildman–Crippen MR) is 83.2 cm³/mol. The van der Waals surface area contributed by atoms with Crippen molar-refractivity contribution in [2.45, 2.75) is 6.10 Å². The van der Waals surface area contributed by atoms with Crippen molar-refractivity contribution in [2.24, 2.45) is 5.92 Å². The number of hydrogen-bond donors (Lipinski definition) is 1. The molecule has 1 fully saturated rings. The van der Waals surface area contributed by atoms with Crippen molar-refractivity contribution in [3.63, 3.8) is 0 Å². The number of nitrogens with zero attached hydrogens (tertiary/aromatic N) is 3. The molecule has 1 aromatic carbocycles. The number of rotatable bonds is 4. The average Bonchev–Trinajstić information content (AvgIpc) is 3.02.